The Kier molecular flexibility index (Phi) is 4.87. The molecule has 9 heteroatoms. The van der Waals surface area contributed by atoms with Crippen LogP contribution in [0.3, 0.4) is 0 Å². The van der Waals surface area contributed by atoms with Crippen molar-refractivity contribution >= 4 is 22.4 Å². The number of piperazine rings is 1. The molecule has 0 radical (unpaired) electrons. The van der Waals surface area contributed by atoms with Crippen LogP contribution in [0.5, 0.6) is 5.75 Å². The SMILES string of the molecule is COc1cc(F)ccc1N1CCN(C(=O)c2nn(C)c(=O)c3ccncc23)CC1. The lowest BCUT2D eigenvalue weighted by atomic mass is 10.1. The summed E-state index contributed by atoms with van der Waals surface area (Å²) < 4.78 is 19.9. The van der Waals surface area contributed by atoms with E-state index >= 15 is 0 Å². The Labute approximate surface area is 166 Å². The van der Waals surface area contributed by atoms with Crippen LogP contribution in [0.1, 0.15) is 10.5 Å². The van der Waals surface area contributed by atoms with Crippen LogP contribution in [0.25, 0.3) is 10.8 Å². The molecule has 0 bridgehead atoms. The highest BCUT2D eigenvalue weighted by molar-refractivity contribution is 6.04. The van der Waals surface area contributed by atoms with Crippen molar-refractivity contribution in [2.75, 3.05) is 38.2 Å². The van der Waals surface area contributed by atoms with Crippen LogP contribution in [0, 0.1) is 5.82 Å². The van der Waals surface area contributed by atoms with E-state index in [0.717, 1.165) is 5.69 Å². The average Bonchev–Trinajstić information content (AvgIpc) is 2.76. The first-order chi connectivity index (χ1) is 14.0. The van der Waals surface area contributed by atoms with Crippen molar-refractivity contribution in [3.8, 4) is 5.75 Å². The van der Waals surface area contributed by atoms with Crippen LogP contribution in [0.4, 0.5) is 10.1 Å². The quantitative estimate of drug-likeness (QED) is 0.665. The van der Waals surface area contributed by atoms with Gasteiger partial charge < -0.3 is 14.5 Å². The Balaban J connectivity index is 1.57. The molecule has 1 fully saturated rings. The molecule has 0 N–H and O–H groups in total. The van der Waals surface area contributed by atoms with E-state index < -0.39 is 0 Å². The van der Waals surface area contributed by atoms with Crippen LogP contribution in [0.15, 0.2) is 41.5 Å². The molecule has 1 aliphatic heterocycles. The Morgan fingerprint density at radius 1 is 1.14 bits per heavy atom. The van der Waals surface area contributed by atoms with Crippen LogP contribution < -0.4 is 15.2 Å². The van der Waals surface area contributed by atoms with E-state index in [1.165, 1.54) is 43.4 Å². The molecule has 1 aliphatic rings. The predicted molar refractivity (Wildman–Crippen MR) is 106 cm³/mol. The lowest BCUT2D eigenvalue weighted by Gasteiger charge is -2.36. The fraction of sp³-hybridized carbons (Fsp3) is 0.300. The van der Waals surface area contributed by atoms with Crippen LogP contribution in [-0.4, -0.2) is 58.9 Å². The van der Waals surface area contributed by atoms with Gasteiger partial charge in [-0.05, 0) is 18.2 Å². The molecule has 0 spiro atoms. The largest absolute Gasteiger partial charge is 0.494 e. The highest BCUT2D eigenvalue weighted by Crippen LogP contribution is 2.30. The van der Waals surface area contributed by atoms with Gasteiger partial charge in [0, 0.05) is 57.1 Å². The predicted octanol–water partition coefficient (Wildman–Crippen LogP) is 1.44. The molecule has 0 aliphatic carbocycles. The number of ether oxygens (including phenoxy) is 1. The van der Waals surface area contributed by atoms with Gasteiger partial charge in [0.1, 0.15) is 11.6 Å². The minimum absolute atomic E-state index is 0.211. The summed E-state index contributed by atoms with van der Waals surface area (Å²) >= 11 is 0. The van der Waals surface area contributed by atoms with Crippen molar-refractivity contribution < 1.29 is 13.9 Å². The van der Waals surface area contributed by atoms with E-state index in [4.69, 9.17) is 4.74 Å². The third kappa shape index (κ3) is 3.39. The van der Waals surface area contributed by atoms with E-state index in [1.54, 1.807) is 17.0 Å². The third-order valence-electron chi connectivity index (χ3n) is 5.10. The summed E-state index contributed by atoms with van der Waals surface area (Å²) in [5.41, 5.74) is 0.728. The number of hydrogen-bond acceptors (Lipinski definition) is 6. The summed E-state index contributed by atoms with van der Waals surface area (Å²) in [5, 5.41) is 5.05. The van der Waals surface area contributed by atoms with Gasteiger partial charge in [-0.25, -0.2) is 9.07 Å². The number of nitrogens with zero attached hydrogens (tertiary/aromatic N) is 5. The number of pyridine rings is 1. The number of rotatable bonds is 3. The zero-order valence-corrected chi connectivity index (χ0v) is 16.1. The van der Waals surface area contributed by atoms with E-state index in [1.807, 2.05) is 0 Å². The summed E-state index contributed by atoms with van der Waals surface area (Å²) in [7, 11) is 3.03. The average molecular weight is 397 g/mol. The molecule has 3 aromatic rings. The number of amides is 1. The number of halogens is 1. The number of aromatic nitrogens is 3. The van der Waals surface area contributed by atoms with Crippen LogP contribution >= 0.6 is 0 Å². The molecule has 150 valence electrons. The van der Waals surface area contributed by atoms with E-state index in [0.29, 0.717) is 42.7 Å². The lowest BCUT2D eigenvalue weighted by molar-refractivity contribution is 0.0740. The van der Waals surface area contributed by atoms with Gasteiger partial charge in [-0.2, -0.15) is 5.10 Å². The smallest absolute Gasteiger partial charge is 0.275 e. The van der Waals surface area contributed by atoms with Gasteiger partial charge in [-0.3, -0.25) is 14.6 Å². The molecular formula is C20H20FN5O3. The maximum atomic E-state index is 13.5. The first kappa shape index (κ1) is 18.9. The van der Waals surface area contributed by atoms with E-state index in [9.17, 15) is 14.0 Å². The van der Waals surface area contributed by atoms with Crippen molar-refractivity contribution in [1.82, 2.24) is 19.7 Å². The Morgan fingerprint density at radius 2 is 1.90 bits per heavy atom. The molecule has 0 atom stereocenters. The van der Waals surface area contributed by atoms with Crippen LogP contribution in [-0.2, 0) is 7.05 Å². The second-order valence-electron chi connectivity index (χ2n) is 6.79. The van der Waals surface area contributed by atoms with Gasteiger partial charge >= 0.3 is 0 Å². The zero-order chi connectivity index (χ0) is 20.5. The number of hydrogen-bond donors (Lipinski definition) is 0. The number of carbonyl (C=O) groups is 1. The number of fused-ring (bicyclic) bond motifs is 1. The molecule has 4 rings (SSSR count). The molecule has 1 saturated heterocycles. The van der Waals surface area contributed by atoms with Gasteiger partial charge in [0.15, 0.2) is 5.69 Å². The fourth-order valence-corrected chi connectivity index (χ4v) is 3.56. The van der Waals surface area contributed by atoms with Crippen molar-refractivity contribution in [3.63, 3.8) is 0 Å². The van der Waals surface area contributed by atoms with Gasteiger partial charge in [-0.15, -0.1) is 0 Å². The van der Waals surface area contributed by atoms with Gasteiger partial charge in [-0.1, -0.05) is 0 Å². The molecule has 2 aromatic heterocycles. The maximum Gasteiger partial charge on any atom is 0.275 e. The van der Waals surface area contributed by atoms with Gasteiger partial charge in [0.25, 0.3) is 11.5 Å². The number of anilines is 1. The molecule has 1 amide bonds. The molecule has 0 saturated carbocycles. The highest BCUT2D eigenvalue weighted by Gasteiger charge is 2.26. The first-order valence-corrected chi connectivity index (χ1v) is 9.18. The number of carbonyl (C=O) groups excluding carboxylic acids is 1. The molecule has 8 nitrogen and oxygen atoms in total. The number of methoxy groups -OCH3 is 1. The Morgan fingerprint density at radius 3 is 2.62 bits per heavy atom. The third-order valence-corrected chi connectivity index (χ3v) is 5.10. The summed E-state index contributed by atoms with van der Waals surface area (Å²) in [6.45, 7) is 2.06. The van der Waals surface area contributed by atoms with Gasteiger partial charge in [0.05, 0.1) is 18.2 Å². The number of aryl methyl sites for hydroxylation is 1. The topological polar surface area (TPSA) is 80.6 Å². The van der Waals surface area contributed by atoms with Gasteiger partial charge in [0.2, 0.25) is 0 Å². The Bertz CT molecular complexity index is 1140. The van der Waals surface area contributed by atoms with Crippen molar-refractivity contribution in [3.05, 3.63) is 58.5 Å². The Hall–Kier alpha value is -3.49. The molecule has 3 heterocycles. The van der Waals surface area contributed by atoms with Crippen molar-refractivity contribution in [2.24, 2.45) is 7.05 Å². The zero-order valence-electron chi connectivity index (χ0n) is 16.1. The summed E-state index contributed by atoms with van der Waals surface area (Å²) in [4.78, 5) is 33.2. The number of benzene rings is 1. The molecule has 1 aromatic carbocycles. The second-order valence-corrected chi connectivity index (χ2v) is 6.79. The minimum Gasteiger partial charge on any atom is -0.494 e. The lowest BCUT2D eigenvalue weighted by Crippen LogP contribution is -2.49. The fourth-order valence-electron chi connectivity index (χ4n) is 3.56. The summed E-state index contributed by atoms with van der Waals surface area (Å²) in [6, 6.07) is 6.01. The van der Waals surface area contributed by atoms with E-state index in [2.05, 4.69) is 15.0 Å². The highest BCUT2D eigenvalue weighted by atomic mass is 19.1. The van der Waals surface area contributed by atoms with Crippen LogP contribution in [0.2, 0.25) is 0 Å². The normalized spacial score (nSPS) is 14.3. The first-order valence-electron chi connectivity index (χ1n) is 9.18. The van der Waals surface area contributed by atoms with Crippen molar-refractivity contribution in [2.45, 2.75) is 0 Å². The standard InChI is InChI=1S/C20H20FN5O3/c1-24-19(27)14-5-6-22-12-15(14)18(23-24)20(28)26-9-7-25(8-10-26)16-4-3-13(21)11-17(16)29-2/h3-6,11-12H,7-10H2,1-2H3. The minimum atomic E-state index is -0.360. The van der Waals surface area contributed by atoms with Crippen molar-refractivity contribution in [1.29, 1.82) is 0 Å². The maximum absolute atomic E-state index is 13.5. The van der Waals surface area contributed by atoms with E-state index in [-0.39, 0.29) is 23.0 Å². The monoisotopic (exact) mass is 397 g/mol. The summed E-state index contributed by atoms with van der Waals surface area (Å²) in [6.07, 6.45) is 3.02. The molecular weight excluding hydrogens is 377 g/mol. The second kappa shape index (κ2) is 7.50. The molecule has 0 unspecified atom stereocenters. The molecule has 29 heavy (non-hydrogen) atoms. The summed E-state index contributed by atoms with van der Waals surface area (Å²) in [5.74, 6) is -0.147.